The number of benzene rings is 1. The van der Waals surface area contributed by atoms with Crippen molar-refractivity contribution in [1.29, 1.82) is 0 Å². The molecule has 1 saturated heterocycles. The molecule has 4 nitrogen and oxygen atoms in total. The summed E-state index contributed by atoms with van der Waals surface area (Å²) in [4.78, 5) is 24.7. The fourth-order valence-electron chi connectivity index (χ4n) is 2.58. The Bertz CT molecular complexity index is 548. The molecule has 6 heteroatoms. The minimum atomic E-state index is -0.467. The maximum absolute atomic E-state index is 11.9. The van der Waals surface area contributed by atoms with E-state index in [1.165, 1.54) is 0 Å². The van der Waals surface area contributed by atoms with Gasteiger partial charge in [0, 0.05) is 28.2 Å². The Hall–Kier alpha value is -0.750. The van der Waals surface area contributed by atoms with E-state index in [0.717, 1.165) is 10.0 Å². The second kappa shape index (κ2) is 5.93. The molecule has 0 bridgehead atoms. The van der Waals surface area contributed by atoms with Crippen LogP contribution in [0.25, 0.3) is 0 Å². The number of carbonyl (C=O) groups excluding carboxylic acids is 2. The van der Waals surface area contributed by atoms with Gasteiger partial charge in [-0.15, -0.1) is 0 Å². The molecule has 1 aromatic carbocycles. The summed E-state index contributed by atoms with van der Waals surface area (Å²) in [6, 6.07) is 5.07. The van der Waals surface area contributed by atoms with Crippen LogP contribution in [-0.2, 0) is 16.1 Å². The Balaban J connectivity index is 2.26. The number of Topliss-reactive ketones (excluding diaryl/α,β-unsaturated/α-hetero) is 1. The highest BCUT2D eigenvalue weighted by molar-refractivity contribution is 9.10. The van der Waals surface area contributed by atoms with Gasteiger partial charge in [0.25, 0.3) is 0 Å². The normalized spacial score (nSPS) is 21.9. The van der Waals surface area contributed by atoms with Gasteiger partial charge in [-0.3, -0.25) is 19.8 Å². The lowest BCUT2D eigenvalue weighted by atomic mass is 9.92. The van der Waals surface area contributed by atoms with Crippen molar-refractivity contribution in [3.05, 3.63) is 33.3 Å². The van der Waals surface area contributed by atoms with Crippen LogP contribution in [-0.4, -0.2) is 35.2 Å². The quantitative estimate of drug-likeness (QED) is 0.662. The van der Waals surface area contributed by atoms with Crippen molar-refractivity contribution >= 4 is 39.6 Å². The summed E-state index contributed by atoms with van der Waals surface area (Å²) >= 11 is 9.49. The van der Waals surface area contributed by atoms with Crippen LogP contribution in [0.4, 0.5) is 0 Å². The topological polar surface area (TPSA) is 49.4 Å². The monoisotopic (exact) mass is 358 g/mol. The van der Waals surface area contributed by atoms with Gasteiger partial charge in [0.15, 0.2) is 6.29 Å². The lowest BCUT2D eigenvalue weighted by molar-refractivity contribution is -0.133. The number of aldehydes is 1. The van der Waals surface area contributed by atoms with Crippen molar-refractivity contribution in [2.45, 2.75) is 32.0 Å². The van der Waals surface area contributed by atoms with E-state index in [4.69, 9.17) is 11.6 Å². The van der Waals surface area contributed by atoms with Crippen LogP contribution in [0, 0.1) is 0 Å². The molecule has 1 aromatic rings. The van der Waals surface area contributed by atoms with Gasteiger partial charge in [0.2, 0.25) is 5.78 Å². The van der Waals surface area contributed by atoms with E-state index in [1.807, 2.05) is 30.9 Å². The molecule has 1 heterocycles. The van der Waals surface area contributed by atoms with E-state index >= 15 is 0 Å². The first-order valence-electron chi connectivity index (χ1n) is 6.27. The van der Waals surface area contributed by atoms with E-state index in [0.29, 0.717) is 24.5 Å². The molecule has 1 aliphatic heterocycles. The van der Waals surface area contributed by atoms with E-state index in [-0.39, 0.29) is 0 Å². The number of rotatable bonds is 4. The number of ketones is 1. The zero-order chi connectivity index (χ0) is 14.9. The first kappa shape index (κ1) is 15.6. The lowest BCUT2D eigenvalue weighted by Crippen LogP contribution is -2.50. The second-order valence-corrected chi connectivity index (χ2v) is 6.75. The fourth-order valence-corrected chi connectivity index (χ4v) is 3.15. The van der Waals surface area contributed by atoms with Gasteiger partial charge in [0.1, 0.15) is 0 Å². The van der Waals surface area contributed by atoms with Gasteiger partial charge in [-0.25, -0.2) is 0 Å². The fraction of sp³-hybridized carbons (Fsp3) is 0.429. The number of nitrogens with one attached hydrogen (secondary N) is 1. The third kappa shape index (κ3) is 3.11. The molecule has 1 atom stereocenters. The van der Waals surface area contributed by atoms with Crippen LogP contribution >= 0.6 is 27.5 Å². The molecular weight excluding hydrogens is 344 g/mol. The van der Waals surface area contributed by atoms with Gasteiger partial charge in [0.05, 0.1) is 6.04 Å². The Morgan fingerprint density at radius 1 is 1.60 bits per heavy atom. The predicted molar refractivity (Wildman–Crippen MR) is 81.6 cm³/mol. The zero-order valence-electron chi connectivity index (χ0n) is 11.3. The maximum Gasteiger partial charge on any atom is 0.214 e. The highest BCUT2D eigenvalue weighted by Crippen LogP contribution is 2.28. The van der Waals surface area contributed by atoms with Crippen molar-refractivity contribution in [1.82, 2.24) is 10.2 Å². The highest BCUT2D eigenvalue weighted by Gasteiger charge is 2.44. The van der Waals surface area contributed by atoms with Gasteiger partial charge in [-0.1, -0.05) is 27.5 Å². The molecule has 1 aliphatic rings. The molecule has 0 spiro atoms. The zero-order valence-corrected chi connectivity index (χ0v) is 13.7. The summed E-state index contributed by atoms with van der Waals surface area (Å²) in [5.74, 6) is -0.404. The molecule has 0 saturated carbocycles. The Kier molecular flexibility index (Phi) is 4.64. The summed E-state index contributed by atoms with van der Waals surface area (Å²) in [5.41, 5.74) is 0.559. The van der Waals surface area contributed by atoms with Crippen LogP contribution in [0.5, 0.6) is 0 Å². The average Bonchev–Trinajstić information content (AvgIpc) is 2.68. The molecular formula is C14H16BrClN2O2. The van der Waals surface area contributed by atoms with Crippen molar-refractivity contribution in [2.75, 3.05) is 6.67 Å². The summed E-state index contributed by atoms with van der Waals surface area (Å²) in [6.45, 7) is 4.94. The summed E-state index contributed by atoms with van der Waals surface area (Å²) in [5, 5.41) is 3.91. The van der Waals surface area contributed by atoms with E-state index in [1.54, 1.807) is 6.07 Å². The Labute approximate surface area is 131 Å². The molecule has 0 aromatic heterocycles. The number of hydrogen-bond donors (Lipinski definition) is 1. The van der Waals surface area contributed by atoms with E-state index < -0.39 is 17.4 Å². The van der Waals surface area contributed by atoms with Crippen LogP contribution in [0.1, 0.15) is 19.4 Å². The highest BCUT2D eigenvalue weighted by atomic mass is 79.9. The first-order chi connectivity index (χ1) is 9.35. The van der Waals surface area contributed by atoms with E-state index in [2.05, 4.69) is 21.2 Å². The van der Waals surface area contributed by atoms with Gasteiger partial charge in [-0.05, 0) is 37.6 Å². The standard InChI is InChI=1S/C14H16BrClN2O2/c1-14(2)13(12(20)7-19)18(8-17-14)6-9-5-10(16)3-4-11(9)15/h3-5,7,13,17H,6,8H2,1-2H3. The van der Waals surface area contributed by atoms with Crippen molar-refractivity contribution < 1.29 is 9.59 Å². The molecule has 108 valence electrons. The third-order valence-corrected chi connectivity index (χ3v) is 4.56. The molecule has 20 heavy (non-hydrogen) atoms. The average molecular weight is 360 g/mol. The second-order valence-electron chi connectivity index (χ2n) is 5.46. The van der Waals surface area contributed by atoms with Gasteiger partial charge < -0.3 is 0 Å². The Morgan fingerprint density at radius 3 is 2.95 bits per heavy atom. The van der Waals surface area contributed by atoms with Crippen LogP contribution in [0.15, 0.2) is 22.7 Å². The van der Waals surface area contributed by atoms with Crippen LogP contribution in [0.3, 0.4) is 0 Å². The van der Waals surface area contributed by atoms with Crippen LogP contribution < -0.4 is 5.32 Å². The summed E-state index contributed by atoms with van der Waals surface area (Å²) in [6.07, 6.45) is 0.402. The molecule has 1 fully saturated rings. The largest absolute Gasteiger partial charge is 0.297 e. The number of halogens is 2. The van der Waals surface area contributed by atoms with Crippen molar-refractivity contribution in [2.24, 2.45) is 0 Å². The molecule has 1 unspecified atom stereocenters. The number of hydrogen-bond acceptors (Lipinski definition) is 4. The van der Waals surface area contributed by atoms with Crippen molar-refractivity contribution in [3.63, 3.8) is 0 Å². The molecule has 0 amide bonds. The number of carbonyl (C=O) groups is 2. The number of nitrogens with zero attached hydrogens (tertiary/aromatic N) is 1. The summed E-state index contributed by atoms with van der Waals surface area (Å²) in [7, 11) is 0. The first-order valence-corrected chi connectivity index (χ1v) is 7.44. The van der Waals surface area contributed by atoms with E-state index in [9.17, 15) is 9.59 Å². The third-order valence-electron chi connectivity index (χ3n) is 3.55. The van der Waals surface area contributed by atoms with Crippen molar-refractivity contribution in [3.8, 4) is 0 Å². The predicted octanol–water partition coefficient (Wildman–Crippen LogP) is 2.38. The maximum atomic E-state index is 11.9. The SMILES string of the molecule is CC1(C)NCN(Cc2cc(Cl)ccc2Br)C1C(=O)C=O. The van der Waals surface area contributed by atoms with Crippen LogP contribution in [0.2, 0.25) is 5.02 Å². The summed E-state index contributed by atoms with van der Waals surface area (Å²) < 4.78 is 0.934. The molecule has 0 radical (unpaired) electrons. The van der Waals surface area contributed by atoms with Gasteiger partial charge >= 0.3 is 0 Å². The van der Waals surface area contributed by atoms with Gasteiger partial charge in [-0.2, -0.15) is 0 Å². The minimum Gasteiger partial charge on any atom is -0.297 e. The smallest absolute Gasteiger partial charge is 0.214 e. The lowest BCUT2D eigenvalue weighted by Gasteiger charge is -2.29. The molecule has 2 rings (SSSR count). The Morgan fingerprint density at radius 2 is 2.30 bits per heavy atom. The molecule has 0 aliphatic carbocycles. The molecule has 1 N–H and O–H groups in total. The minimum absolute atomic E-state index is 0.402.